The summed E-state index contributed by atoms with van der Waals surface area (Å²) in [4.78, 5) is 19.6. The monoisotopic (exact) mass is 267 g/mol. The standard InChI is InChI=1S/C15H13N3O2/c19-15-10-7-16-6-5-12(10)17-14(18-15)11-8-20-13-4-2-1-3-9(11)13/h1-4,8,16H,5-7H2,(H,17,18,19). The second-order valence-corrected chi connectivity index (χ2v) is 4.91. The average Bonchev–Trinajstić information content (AvgIpc) is 2.91. The van der Waals surface area contributed by atoms with Gasteiger partial charge in [0.15, 0.2) is 0 Å². The minimum Gasteiger partial charge on any atom is -0.464 e. The molecule has 4 rings (SSSR count). The Balaban J connectivity index is 1.94. The molecule has 0 unspecified atom stereocenters. The SMILES string of the molecule is O=c1[nH]c(-c2coc3ccccc23)nc2c1CNCC2. The summed E-state index contributed by atoms with van der Waals surface area (Å²) in [5.41, 5.74) is 3.19. The lowest BCUT2D eigenvalue weighted by atomic mass is 10.1. The highest BCUT2D eigenvalue weighted by atomic mass is 16.3. The highest BCUT2D eigenvalue weighted by molar-refractivity contribution is 5.91. The molecule has 0 amide bonds. The van der Waals surface area contributed by atoms with Gasteiger partial charge in [-0.1, -0.05) is 18.2 Å². The van der Waals surface area contributed by atoms with Crippen molar-refractivity contribution in [2.24, 2.45) is 0 Å². The van der Waals surface area contributed by atoms with E-state index in [0.29, 0.717) is 12.4 Å². The summed E-state index contributed by atoms with van der Waals surface area (Å²) in [6.45, 7) is 1.44. The lowest BCUT2D eigenvalue weighted by Gasteiger charge is -2.15. The number of nitrogens with zero attached hydrogens (tertiary/aromatic N) is 1. The Morgan fingerprint density at radius 3 is 3.10 bits per heavy atom. The van der Waals surface area contributed by atoms with E-state index in [1.165, 1.54) is 0 Å². The molecular weight excluding hydrogens is 254 g/mol. The molecule has 1 aliphatic heterocycles. The Bertz CT molecular complexity index is 848. The summed E-state index contributed by atoms with van der Waals surface area (Å²) in [7, 11) is 0. The van der Waals surface area contributed by atoms with Crippen molar-refractivity contribution in [3.63, 3.8) is 0 Å². The van der Waals surface area contributed by atoms with Gasteiger partial charge in [0, 0.05) is 24.9 Å². The van der Waals surface area contributed by atoms with Crippen molar-refractivity contribution in [3.8, 4) is 11.4 Å². The Morgan fingerprint density at radius 1 is 1.25 bits per heavy atom. The van der Waals surface area contributed by atoms with Gasteiger partial charge in [-0.2, -0.15) is 0 Å². The average molecular weight is 267 g/mol. The number of rotatable bonds is 1. The third-order valence-corrected chi connectivity index (χ3v) is 3.68. The summed E-state index contributed by atoms with van der Waals surface area (Å²) in [6.07, 6.45) is 2.43. The second-order valence-electron chi connectivity index (χ2n) is 4.91. The quantitative estimate of drug-likeness (QED) is 0.705. The fraction of sp³-hybridized carbons (Fsp3) is 0.200. The zero-order valence-electron chi connectivity index (χ0n) is 10.8. The van der Waals surface area contributed by atoms with Crippen LogP contribution in [0.5, 0.6) is 0 Å². The predicted molar refractivity (Wildman–Crippen MR) is 75.5 cm³/mol. The van der Waals surface area contributed by atoms with Crippen molar-refractivity contribution in [2.75, 3.05) is 6.54 Å². The molecule has 5 nitrogen and oxygen atoms in total. The summed E-state index contributed by atoms with van der Waals surface area (Å²) < 4.78 is 5.51. The maximum atomic E-state index is 12.1. The second kappa shape index (κ2) is 4.31. The number of nitrogens with one attached hydrogen (secondary N) is 2. The van der Waals surface area contributed by atoms with Crippen molar-refractivity contribution < 1.29 is 4.42 Å². The molecule has 0 atom stereocenters. The summed E-state index contributed by atoms with van der Waals surface area (Å²) in [5, 5.41) is 4.15. The fourth-order valence-corrected chi connectivity index (χ4v) is 2.64. The largest absolute Gasteiger partial charge is 0.464 e. The van der Waals surface area contributed by atoms with Crippen LogP contribution < -0.4 is 10.9 Å². The lowest BCUT2D eigenvalue weighted by molar-refractivity contribution is 0.614. The van der Waals surface area contributed by atoms with E-state index in [9.17, 15) is 4.79 Å². The third kappa shape index (κ3) is 1.67. The van der Waals surface area contributed by atoms with Crippen molar-refractivity contribution in [1.82, 2.24) is 15.3 Å². The third-order valence-electron chi connectivity index (χ3n) is 3.68. The van der Waals surface area contributed by atoms with Crippen LogP contribution in [0.4, 0.5) is 0 Å². The van der Waals surface area contributed by atoms with Gasteiger partial charge >= 0.3 is 0 Å². The number of aromatic amines is 1. The van der Waals surface area contributed by atoms with Gasteiger partial charge in [-0.15, -0.1) is 0 Å². The molecule has 2 aromatic heterocycles. The summed E-state index contributed by atoms with van der Waals surface area (Å²) >= 11 is 0. The van der Waals surface area contributed by atoms with E-state index in [0.717, 1.165) is 40.8 Å². The zero-order valence-corrected chi connectivity index (χ0v) is 10.8. The first-order valence-electron chi connectivity index (χ1n) is 6.62. The first-order chi connectivity index (χ1) is 9.83. The van der Waals surface area contributed by atoms with Crippen molar-refractivity contribution >= 4 is 11.0 Å². The topological polar surface area (TPSA) is 70.9 Å². The smallest absolute Gasteiger partial charge is 0.255 e. The Labute approximate surface area is 114 Å². The van der Waals surface area contributed by atoms with Crippen LogP contribution in [0.2, 0.25) is 0 Å². The molecule has 0 radical (unpaired) electrons. The summed E-state index contributed by atoms with van der Waals surface area (Å²) in [6, 6.07) is 7.74. The molecule has 0 saturated heterocycles. The van der Waals surface area contributed by atoms with Crippen LogP contribution >= 0.6 is 0 Å². The van der Waals surface area contributed by atoms with Crippen LogP contribution in [-0.2, 0) is 13.0 Å². The predicted octanol–water partition coefficient (Wildman–Crippen LogP) is 1.83. The molecule has 3 aromatic rings. The number of para-hydroxylation sites is 1. The molecule has 0 fully saturated rings. The van der Waals surface area contributed by atoms with E-state index < -0.39 is 0 Å². The molecule has 5 heteroatoms. The Hall–Kier alpha value is -2.40. The number of H-pyrrole nitrogens is 1. The number of fused-ring (bicyclic) bond motifs is 2. The van der Waals surface area contributed by atoms with E-state index >= 15 is 0 Å². The molecule has 3 heterocycles. The molecule has 0 bridgehead atoms. The van der Waals surface area contributed by atoms with Crippen LogP contribution in [0.1, 0.15) is 11.3 Å². The Morgan fingerprint density at radius 2 is 2.15 bits per heavy atom. The van der Waals surface area contributed by atoms with Gasteiger partial charge in [-0.05, 0) is 6.07 Å². The molecule has 1 aromatic carbocycles. The molecule has 100 valence electrons. The van der Waals surface area contributed by atoms with E-state index in [1.54, 1.807) is 6.26 Å². The van der Waals surface area contributed by atoms with Gasteiger partial charge < -0.3 is 14.7 Å². The van der Waals surface area contributed by atoms with E-state index in [4.69, 9.17) is 4.42 Å². The lowest BCUT2D eigenvalue weighted by Crippen LogP contribution is -2.31. The Kier molecular flexibility index (Phi) is 2.47. The van der Waals surface area contributed by atoms with Crippen LogP contribution in [0.15, 0.2) is 39.7 Å². The number of hydrogen-bond acceptors (Lipinski definition) is 4. The van der Waals surface area contributed by atoms with Crippen LogP contribution in [-0.4, -0.2) is 16.5 Å². The van der Waals surface area contributed by atoms with Gasteiger partial charge in [0.25, 0.3) is 5.56 Å². The number of hydrogen-bond donors (Lipinski definition) is 2. The molecule has 2 N–H and O–H groups in total. The van der Waals surface area contributed by atoms with Gasteiger partial charge in [-0.25, -0.2) is 4.98 Å². The van der Waals surface area contributed by atoms with Crippen LogP contribution in [0.3, 0.4) is 0 Å². The van der Waals surface area contributed by atoms with Crippen molar-refractivity contribution in [2.45, 2.75) is 13.0 Å². The van der Waals surface area contributed by atoms with E-state index in [1.807, 2.05) is 24.3 Å². The highest BCUT2D eigenvalue weighted by Crippen LogP contribution is 2.28. The number of furan rings is 1. The van der Waals surface area contributed by atoms with Gasteiger partial charge in [0.2, 0.25) is 0 Å². The molecule has 0 spiro atoms. The first kappa shape index (κ1) is 11.4. The van der Waals surface area contributed by atoms with Gasteiger partial charge in [0.1, 0.15) is 17.7 Å². The van der Waals surface area contributed by atoms with Crippen molar-refractivity contribution in [3.05, 3.63) is 52.1 Å². The van der Waals surface area contributed by atoms with Gasteiger partial charge in [-0.3, -0.25) is 4.79 Å². The van der Waals surface area contributed by atoms with Gasteiger partial charge in [0.05, 0.1) is 16.8 Å². The minimum atomic E-state index is -0.0671. The maximum absolute atomic E-state index is 12.1. The number of aromatic nitrogens is 2. The van der Waals surface area contributed by atoms with Crippen LogP contribution in [0, 0.1) is 0 Å². The van der Waals surface area contributed by atoms with E-state index in [2.05, 4.69) is 15.3 Å². The first-order valence-corrected chi connectivity index (χ1v) is 6.62. The number of benzene rings is 1. The minimum absolute atomic E-state index is 0.0671. The zero-order chi connectivity index (χ0) is 13.5. The molecule has 0 saturated carbocycles. The van der Waals surface area contributed by atoms with Crippen molar-refractivity contribution in [1.29, 1.82) is 0 Å². The summed E-state index contributed by atoms with van der Waals surface area (Å²) in [5.74, 6) is 0.584. The maximum Gasteiger partial charge on any atom is 0.255 e. The molecule has 1 aliphatic rings. The molecule has 0 aliphatic carbocycles. The molecular formula is C15H13N3O2. The fourth-order valence-electron chi connectivity index (χ4n) is 2.64. The normalized spacial score (nSPS) is 14.4. The van der Waals surface area contributed by atoms with E-state index in [-0.39, 0.29) is 5.56 Å². The van der Waals surface area contributed by atoms with Crippen LogP contribution in [0.25, 0.3) is 22.4 Å². The molecule has 20 heavy (non-hydrogen) atoms. The highest BCUT2D eigenvalue weighted by Gasteiger charge is 2.17.